The highest BCUT2D eigenvalue weighted by Gasteiger charge is 2.21. The smallest absolute Gasteiger partial charge is 0.317 e. The Hall–Kier alpha value is -0.950. The van der Waals surface area contributed by atoms with Crippen molar-refractivity contribution in [1.29, 1.82) is 0 Å². The third-order valence-corrected chi connectivity index (χ3v) is 1.70. The lowest BCUT2D eigenvalue weighted by Gasteiger charge is -1.98. The van der Waals surface area contributed by atoms with Crippen LogP contribution in [0.15, 0.2) is 12.7 Å². The van der Waals surface area contributed by atoms with Gasteiger partial charge in [-0.2, -0.15) is 0 Å². The largest absolute Gasteiger partial charge is 0.480 e. The van der Waals surface area contributed by atoms with Crippen molar-refractivity contribution in [2.75, 3.05) is 46.6 Å². The number of aliphatic carboxylic acids is 1. The Morgan fingerprint density at radius 2 is 2.35 bits per heavy atom. The van der Waals surface area contributed by atoms with E-state index in [0.29, 0.717) is 25.9 Å². The summed E-state index contributed by atoms with van der Waals surface area (Å²) in [5.74, 6) is -0.841. The van der Waals surface area contributed by atoms with E-state index in [2.05, 4.69) is 11.9 Å². The number of carboxylic acid groups (broad SMARTS) is 1. The molecule has 0 bridgehead atoms. The Morgan fingerprint density at radius 1 is 1.65 bits per heavy atom. The van der Waals surface area contributed by atoms with E-state index in [1.54, 1.807) is 13.2 Å². The first-order chi connectivity index (χ1) is 8.20. The third-order valence-electron chi connectivity index (χ3n) is 1.70. The number of hydrogen-bond donors (Lipinski definition) is 2. The van der Waals surface area contributed by atoms with Crippen molar-refractivity contribution in [2.45, 2.75) is 6.10 Å². The van der Waals surface area contributed by atoms with Gasteiger partial charge in [-0.1, -0.05) is 6.08 Å². The molecule has 1 saturated heterocycles. The van der Waals surface area contributed by atoms with Gasteiger partial charge in [-0.15, -0.1) is 6.58 Å². The Morgan fingerprint density at radius 3 is 2.82 bits per heavy atom. The number of ether oxygens (including phenoxy) is 3. The number of nitrogens with one attached hydrogen (secondary N) is 1. The van der Waals surface area contributed by atoms with Crippen molar-refractivity contribution >= 4 is 5.97 Å². The predicted molar refractivity (Wildman–Crippen MR) is 63.1 cm³/mol. The molecule has 0 aliphatic carbocycles. The molecule has 1 rings (SSSR count). The van der Waals surface area contributed by atoms with Crippen LogP contribution in [0, 0.1) is 0 Å². The van der Waals surface area contributed by atoms with Crippen LogP contribution in [0.1, 0.15) is 0 Å². The molecule has 0 spiro atoms. The fourth-order valence-electron chi connectivity index (χ4n) is 0.802. The van der Waals surface area contributed by atoms with Gasteiger partial charge in [0.2, 0.25) is 0 Å². The van der Waals surface area contributed by atoms with E-state index in [9.17, 15) is 4.79 Å². The van der Waals surface area contributed by atoms with E-state index in [1.807, 2.05) is 0 Å². The third kappa shape index (κ3) is 15.1. The summed E-state index contributed by atoms with van der Waals surface area (Å²) in [6, 6.07) is 0. The molecule has 0 amide bonds. The first kappa shape index (κ1) is 16.1. The van der Waals surface area contributed by atoms with Crippen molar-refractivity contribution < 1.29 is 24.1 Å². The first-order valence-electron chi connectivity index (χ1n) is 5.42. The average molecular weight is 247 g/mol. The van der Waals surface area contributed by atoms with Crippen molar-refractivity contribution in [1.82, 2.24) is 5.32 Å². The van der Waals surface area contributed by atoms with Crippen LogP contribution >= 0.6 is 0 Å². The van der Waals surface area contributed by atoms with E-state index < -0.39 is 5.97 Å². The number of rotatable bonds is 9. The normalized spacial score (nSPS) is 16.9. The second-order valence-corrected chi connectivity index (χ2v) is 3.34. The molecule has 0 saturated carbocycles. The van der Waals surface area contributed by atoms with Crippen LogP contribution in [0.2, 0.25) is 0 Å². The minimum atomic E-state index is -0.841. The van der Waals surface area contributed by atoms with Crippen molar-refractivity contribution in [2.24, 2.45) is 0 Å². The van der Waals surface area contributed by atoms with E-state index in [-0.39, 0.29) is 6.54 Å². The zero-order valence-corrected chi connectivity index (χ0v) is 10.2. The molecule has 17 heavy (non-hydrogen) atoms. The summed E-state index contributed by atoms with van der Waals surface area (Å²) in [6.45, 7) is 6.90. The van der Waals surface area contributed by atoms with Crippen LogP contribution in [0.5, 0.6) is 0 Å². The summed E-state index contributed by atoms with van der Waals surface area (Å²) >= 11 is 0. The average Bonchev–Trinajstić information content (AvgIpc) is 3.09. The second kappa shape index (κ2) is 11.5. The summed E-state index contributed by atoms with van der Waals surface area (Å²) in [5.41, 5.74) is 0. The van der Waals surface area contributed by atoms with Gasteiger partial charge in [0.05, 0.1) is 33.0 Å². The maximum absolute atomic E-state index is 9.78. The van der Waals surface area contributed by atoms with E-state index >= 15 is 0 Å². The SMILES string of the molecule is C=CCNCC(=O)O.COCCOCC1CO1. The number of epoxide rings is 1. The molecule has 0 aromatic heterocycles. The fraction of sp³-hybridized carbons (Fsp3) is 0.727. The van der Waals surface area contributed by atoms with Crippen molar-refractivity contribution in [3.8, 4) is 0 Å². The predicted octanol–water partition coefficient (Wildman–Crippen LogP) is -0.105. The molecule has 6 heteroatoms. The van der Waals surface area contributed by atoms with E-state index in [0.717, 1.165) is 13.2 Å². The molecule has 1 aliphatic heterocycles. The van der Waals surface area contributed by atoms with Crippen LogP contribution in [0.3, 0.4) is 0 Å². The van der Waals surface area contributed by atoms with Crippen LogP contribution < -0.4 is 5.32 Å². The molecule has 1 aliphatic rings. The molecule has 1 heterocycles. The van der Waals surface area contributed by atoms with Gasteiger partial charge >= 0.3 is 5.97 Å². The van der Waals surface area contributed by atoms with Gasteiger partial charge in [-0.25, -0.2) is 0 Å². The lowest BCUT2D eigenvalue weighted by Crippen LogP contribution is -2.21. The van der Waals surface area contributed by atoms with Crippen LogP contribution in [-0.2, 0) is 19.0 Å². The van der Waals surface area contributed by atoms with Gasteiger partial charge < -0.3 is 24.6 Å². The molecule has 2 N–H and O–H groups in total. The molecule has 6 nitrogen and oxygen atoms in total. The second-order valence-electron chi connectivity index (χ2n) is 3.34. The lowest BCUT2D eigenvalue weighted by molar-refractivity contribution is -0.135. The van der Waals surface area contributed by atoms with E-state index in [4.69, 9.17) is 19.3 Å². The Bertz CT molecular complexity index is 206. The van der Waals surface area contributed by atoms with Crippen LogP contribution in [0.25, 0.3) is 0 Å². The summed E-state index contributed by atoms with van der Waals surface area (Å²) in [7, 11) is 1.66. The molecule has 0 aromatic carbocycles. The number of carbonyl (C=O) groups is 1. The quantitative estimate of drug-likeness (QED) is 0.336. The molecule has 0 aromatic rings. The Kier molecular flexibility index (Phi) is 10.9. The standard InChI is InChI=1S/C6H12O3.C5H9NO2/c1-7-2-3-8-4-6-5-9-6;1-2-3-6-4-5(7)8/h6H,2-5H2,1H3;2,6H,1,3-4H2,(H,7,8). The monoisotopic (exact) mass is 247 g/mol. The van der Waals surface area contributed by atoms with Gasteiger partial charge in [0, 0.05) is 13.7 Å². The van der Waals surface area contributed by atoms with Gasteiger partial charge in [-0.3, -0.25) is 4.79 Å². The van der Waals surface area contributed by atoms with Gasteiger partial charge in [0.1, 0.15) is 6.10 Å². The highest BCUT2D eigenvalue weighted by atomic mass is 16.6. The number of methoxy groups -OCH3 is 1. The van der Waals surface area contributed by atoms with Gasteiger partial charge in [-0.05, 0) is 0 Å². The Balaban J connectivity index is 0.000000304. The highest BCUT2D eigenvalue weighted by Crippen LogP contribution is 2.07. The topological polar surface area (TPSA) is 80.3 Å². The van der Waals surface area contributed by atoms with E-state index in [1.165, 1.54) is 0 Å². The Labute approximate surface area is 102 Å². The number of hydrogen-bond acceptors (Lipinski definition) is 5. The van der Waals surface area contributed by atoms with Crippen molar-refractivity contribution in [3.63, 3.8) is 0 Å². The van der Waals surface area contributed by atoms with Gasteiger partial charge in [0.25, 0.3) is 0 Å². The molecular formula is C11H21NO5. The number of carboxylic acids is 1. The lowest BCUT2D eigenvalue weighted by atomic mass is 10.5. The van der Waals surface area contributed by atoms with Crippen molar-refractivity contribution in [3.05, 3.63) is 12.7 Å². The summed E-state index contributed by atoms with van der Waals surface area (Å²) < 4.78 is 14.8. The summed E-state index contributed by atoms with van der Waals surface area (Å²) in [6.07, 6.45) is 1.99. The molecular weight excluding hydrogens is 226 g/mol. The molecule has 100 valence electrons. The fourth-order valence-corrected chi connectivity index (χ4v) is 0.802. The maximum atomic E-state index is 9.78. The maximum Gasteiger partial charge on any atom is 0.317 e. The molecule has 1 fully saturated rings. The highest BCUT2D eigenvalue weighted by molar-refractivity contribution is 5.68. The van der Waals surface area contributed by atoms with Gasteiger partial charge in [0.15, 0.2) is 0 Å². The van der Waals surface area contributed by atoms with Crippen LogP contribution in [-0.4, -0.2) is 63.8 Å². The summed E-state index contributed by atoms with van der Waals surface area (Å²) in [4.78, 5) is 9.78. The zero-order chi connectivity index (χ0) is 12.9. The first-order valence-corrected chi connectivity index (χ1v) is 5.42. The minimum absolute atomic E-state index is 0.00597. The molecule has 0 radical (unpaired) electrons. The minimum Gasteiger partial charge on any atom is -0.480 e. The summed E-state index contributed by atoms with van der Waals surface area (Å²) in [5, 5.41) is 10.7. The van der Waals surface area contributed by atoms with Crippen LogP contribution in [0.4, 0.5) is 0 Å². The molecule has 1 atom stereocenters. The molecule has 1 unspecified atom stereocenters. The zero-order valence-electron chi connectivity index (χ0n) is 10.2.